The van der Waals surface area contributed by atoms with E-state index < -0.39 is 6.10 Å². The molecule has 0 amide bonds. The third-order valence-electron chi connectivity index (χ3n) is 8.64. The fraction of sp³-hybridized carbons (Fsp3) is 0.512. The number of fused-ring (bicyclic) bond motifs is 2. The second-order valence-corrected chi connectivity index (χ2v) is 13.7. The molecule has 244 valence electrons. The number of rotatable bonds is 24. The number of benzene rings is 4. The SMILES string of the molecule is CCCCCCCCCCCCCCCCCCOCC(O)COc1c2ccccc2cc2ccc(Sc3ccccc3)cc12. The van der Waals surface area contributed by atoms with Crippen molar-refractivity contribution in [2.45, 2.75) is 126 Å². The van der Waals surface area contributed by atoms with Gasteiger partial charge in [-0.3, -0.25) is 0 Å². The Balaban J connectivity index is 1.10. The van der Waals surface area contributed by atoms with Crippen LogP contribution in [-0.4, -0.2) is 31.0 Å². The Kier molecular flexibility index (Phi) is 16.7. The normalized spacial score (nSPS) is 12.2. The van der Waals surface area contributed by atoms with Crippen LogP contribution in [0.2, 0.25) is 0 Å². The van der Waals surface area contributed by atoms with Crippen LogP contribution in [0.1, 0.15) is 110 Å². The third-order valence-corrected chi connectivity index (χ3v) is 9.63. The second-order valence-electron chi connectivity index (χ2n) is 12.6. The van der Waals surface area contributed by atoms with Crippen molar-refractivity contribution >= 4 is 33.3 Å². The molecule has 0 fully saturated rings. The van der Waals surface area contributed by atoms with E-state index in [0.717, 1.165) is 38.6 Å². The van der Waals surface area contributed by atoms with Crippen LogP contribution in [0.25, 0.3) is 21.5 Å². The van der Waals surface area contributed by atoms with Crippen molar-refractivity contribution in [1.82, 2.24) is 0 Å². The van der Waals surface area contributed by atoms with Crippen LogP contribution in [-0.2, 0) is 4.74 Å². The Bertz CT molecular complexity index is 1360. The van der Waals surface area contributed by atoms with Gasteiger partial charge in [0.15, 0.2) is 0 Å². The molecule has 0 heterocycles. The predicted molar refractivity (Wildman–Crippen MR) is 194 cm³/mol. The third kappa shape index (κ3) is 13.0. The van der Waals surface area contributed by atoms with Gasteiger partial charge in [0.25, 0.3) is 0 Å². The number of hydrogen-bond acceptors (Lipinski definition) is 4. The summed E-state index contributed by atoms with van der Waals surface area (Å²) in [5, 5.41) is 15.1. The summed E-state index contributed by atoms with van der Waals surface area (Å²) in [6.45, 7) is 3.50. The highest BCUT2D eigenvalue weighted by Crippen LogP contribution is 2.38. The molecule has 45 heavy (non-hydrogen) atoms. The lowest BCUT2D eigenvalue weighted by molar-refractivity contribution is 0.0115. The zero-order valence-corrected chi connectivity index (χ0v) is 28.5. The summed E-state index contributed by atoms with van der Waals surface area (Å²) in [4.78, 5) is 2.37. The van der Waals surface area contributed by atoms with E-state index in [4.69, 9.17) is 9.47 Å². The smallest absolute Gasteiger partial charge is 0.135 e. The first-order valence-corrected chi connectivity index (χ1v) is 18.6. The van der Waals surface area contributed by atoms with Gasteiger partial charge in [0.05, 0.1) is 6.61 Å². The quantitative estimate of drug-likeness (QED) is 0.0619. The minimum absolute atomic E-state index is 0.206. The van der Waals surface area contributed by atoms with Crippen molar-refractivity contribution in [2.75, 3.05) is 19.8 Å². The van der Waals surface area contributed by atoms with Crippen molar-refractivity contribution in [3.63, 3.8) is 0 Å². The van der Waals surface area contributed by atoms with Gasteiger partial charge in [-0.1, -0.05) is 164 Å². The van der Waals surface area contributed by atoms with Crippen molar-refractivity contribution in [3.05, 3.63) is 78.9 Å². The number of aliphatic hydroxyl groups is 1. The molecule has 4 rings (SSSR count). The summed E-state index contributed by atoms with van der Waals surface area (Å²) < 4.78 is 12.2. The average Bonchev–Trinajstić information content (AvgIpc) is 3.06. The van der Waals surface area contributed by atoms with E-state index in [9.17, 15) is 5.11 Å². The number of ether oxygens (including phenoxy) is 2. The monoisotopic (exact) mass is 628 g/mol. The molecular formula is C41H56O3S. The Morgan fingerprint density at radius 3 is 1.80 bits per heavy atom. The van der Waals surface area contributed by atoms with E-state index in [2.05, 4.69) is 73.7 Å². The zero-order valence-electron chi connectivity index (χ0n) is 27.7. The standard InChI is InChI=1S/C41H56O3S/c1-2-3-4-5-6-7-8-9-10-11-12-13-14-15-16-22-29-43-32-36(42)33-44-41-39-26-21-20-23-34(39)30-35-27-28-38(31-40(35)41)45-37-24-18-17-19-25-37/h17-21,23-28,30-31,36,42H,2-16,22,29,32-33H2,1H3. The Morgan fingerprint density at radius 1 is 0.556 bits per heavy atom. The van der Waals surface area contributed by atoms with Crippen LogP contribution >= 0.6 is 11.8 Å². The van der Waals surface area contributed by atoms with E-state index in [1.165, 1.54) is 101 Å². The fourth-order valence-electron chi connectivity index (χ4n) is 6.04. The van der Waals surface area contributed by atoms with Gasteiger partial charge in [-0.2, -0.15) is 0 Å². The molecule has 0 saturated heterocycles. The molecule has 1 N–H and O–H groups in total. The number of aliphatic hydroxyl groups excluding tert-OH is 1. The summed E-state index contributed by atoms with van der Waals surface area (Å²) >= 11 is 1.74. The van der Waals surface area contributed by atoms with Gasteiger partial charge in [-0.25, -0.2) is 0 Å². The fourth-order valence-corrected chi connectivity index (χ4v) is 6.92. The molecular weight excluding hydrogens is 573 g/mol. The minimum Gasteiger partial charge on any atom is -0.489 e. The van der Waals surface area contributed by atoms with E-state index >= 15 is 0 Å². The van der Waals surface area contributed by atoms with Crippen LogP contribution in [0.15, 0.2) is 88.7 Å². The first kappa shape index (κ1) is 35.3. The molecule has 1 unspecified atom stereocenters. The maximum absolute atomic E-state index is 10.7. The van der Waals surface area contributed by atoms with Crippen LogP contribution in [0.3, 0.4) is 0 Å². The molecule has 0 radical (unpaired) electrons. The van der Waals surface area contributed by atoms with Crippen LogP contribution in [0.4, 0.5) is 0 Å². The maximum Gasteiger partial charge on any atom is 0.135 e. The maximum atomic E-state index is 10.7. The zero-order chi connectivity index (χ0) is 31.4. The molecule has 0 aliphatic rings. The molecule has 1 atom stereocenters. The van der Waals surface area contributed by atoms with E-state index in [0.29, 0.717) is 13.2 Å². The van der Waals surface area contributed by atoms with Crippen LogP contribution < -0.4 is 4.74 Å². The first-order chi connectivity index (χ1) is 22.2. The summed E-state index contributed by atoms with van der Waals surface area (Å²) in [5.41, 5.74) is 0. The first-order valence-electron chi connectivity index (χ1n) is 17.8. The molecule has 0 aliphatic heterocycles. The lowest BCUT2D eigenvalue weighted by atomic mass is 10.0. The van der Waals surface area contributed by atoms with Crippen molar-refractivity contribution in [1.29, 1.82) is 0 Å². The minimum atomic E-state index is -0.665. The second kappa shape index (κ2) is 21.3. The molecule has 0 saturated carbocycles. The summed E-state index contributed by atoms with van der Waals surface area (Å²) in [5.74, 6) is 0.829. The Hall–Kier alpha value is -2.53. The lowest BCUT2D eigenvalue weighted by Crippen LogP contribution is -2.23. The molecule has 4 aromatic carbocycles. The molecule has 4 aromatic rings. The van der Waals surface area contributed by atoms with Gasteiger partial charge in [0.1, 0.15) is 18.5 Å². The van der Waals surface area contributed by atoms with Gasteiger partial charge in [-0.05, 0) is 47.5 Å². The molecule has 3 nitrogen and oxygen atoms in total. The van der Waals surface area contributed by atoms with Gasteiger partial charge < -0.3 is 14.6 Å². The average molecular weight is 629 g/mol. The molecule has 4 heteroatoms. The van der Waals surface area contributed by atoms with E-state index in [-0.39, 0.29) is 6.61 Å². The Morgan fingerprint density at radius 2 is 1.13 bits per heavy atom. The predicted octanol–water partition coefficient (Wildman–Crippen LogP) is 12.2. The van der Waals surface area contributed by atoms with Crippen LogP contribution in [0, 0.1) is 0 Å². The van der Waals surface area contributed by atoms with Gasteiger partial charge in [0.2, 0.25) is 0 Å². The summed E-state index contributed by atoms with van der Waals surface area (Å²) in [7, 11) is 0. The highest BCUT2D eigenvalue weighted by atomic mass is 32.2. The van der Waals surface area contributed by atoms with Gasteiger partial charge in [-0.15, -0.1) is 0 Å². The van der Waals surface area contributed by atoms with Crippen LogP contribution in [0.5, 0.6) is 5.75 Å². The van der Waals surface area contributed by atoms with E-state index in [1.807, 2.05) is 12.1 Å². The van der Waals surface area contributed by atoms with Crippen molar-refractivity contribution in [2.24, 2.45) is 0 Å². The molecule has 0 aromatic heterocycles. The summed E-state index contributed by atoms with van der Waals surface area (Å²) in [6, 6.07) is 27.5. The molecule has 0 spiro atoms. The largest absolute Gasteiger partial charge is 0.489 e. The van der Waals surface area contributed by atoms with Crippen molar-refractivity contribution in [3.8, 4) is 5.75 Å². The highest BCUT2D eigenvalue weighted by Gasteiger charge is 2.13. The van der Waals surface area contributed by atoms with E-state index in [1.54, 1.807) is 11.8 Å². The van der Waals surface area contributed by atoms with Gasteiger partial charge >= 0.3 is 0 Å². The number of unbranched alkanes of at least 4 members (excludes halogenated alkanes) is 15. The highest BCUT2D eigenvalue weighted by molar-refractivity contribution is 7.99. The molecule has 0 aliphatic carbocycles. The Labute approximate surface area is 277 Å². The summed E-state index contributed by atoms with van der Waals surface area (Å²) in [6.07, 6.45) is 21.1. The molecule has 0 bridgehead atoms. The lowest BCUT2D eigenvalue weighted by Gasteiger charge is -2.17. The van der Waals surface area contributed by atoms with Gasteiger partial charge in [0, 0.05) is 27.2 Å². The topological polar surface area (TPSA) is 38.7 Å². The van der Waals surface area contributed by atoms with Crippen molar-refractivity contribution < 1.29 is 14.6 Å². The number of hydrogen-bond donors (Lipinski definition) is 1.